The number of halogens is 1. The molecule has 1 atom stereocenters. The molecule has 9 nitrogen and oxygen atoms in total. The first-order valence-electron chi connectivity index (χ1n) is 9.88. The largest absolute Gasteiger partial charge is 0.494 e. The number of Topliss-reactive ketones (excluding diaryl/α,β-unsaturated/α-hetero) is 1. The number of benzene rings is 2. The van der Waals surface area contributed by atoms with Crippen molar-refractivity contribution in [2.75, 3.05) is 32.8 Å². The molecule has 0 saturated carbocycles. The SMILES string of the molecule is CCOc1cc(NC(=O)C(N=Nc2c(OC)cccc2OC)C(C)=O)c(Cl)c(OCC)c1. The summed E-state index contributed by atoms with van der Waals surface area (Å²) < 4.78 is 21.5. The Balaban J connectivity index is 2.36. The van der Waals surface area contributed by atoms with E-state index in [4.69, 9.17) is 30.5 Å². The van der Waals surface area contributed by atoms with E-state index in [2.05, 4.69) is 15.5 Å². The molecule has 0 bridgehead atoms. The van der Waals surface area contributed by atoms with Crippen LogP contribution in [-0.2, 0) is 9.59 Å². The fourth-order valence-electron chi connectivity index (χ4n) is 2.74. The maximum absolute atomic E-state index is 12.9. The van der Waals surface area contributed by atoms with Gasteiger partial charge in [-0.25, -0.2) is 0 Å². The molecule has 0 radical (unpaired) electrons. The maximum atomic E-state index is 12.9. The highest BCUT2D eigenvalue weighted by Crippen LogP contribution is 2.38. The van der Waals surface area contributed by atoms with Crippen molar-refractivity contribution in [2.24, 2.45) is 10.2 Å². The fourth-order valence-corrected chi connectivity index (χ4v) is 2.95. The first kappa shape index (κ1) is 24.9. The minimum absolute atomic E-state index is 0.175. The van der Waals surface area contributed by atoms with Crippen LogP contribution in [0.1, 0.15) is 20.8 Å². The van der Waals surface area contributed by atoms with E-state index >= 15 is 0 Å². The minimum atomic E-state index is -1.42. The van der Waals surface area contributed by atoms with Gasteiger partial charge in [0.15, 0.2) is 11.5 Å². The smallest absolute Gasteiger partial charge is 0.258 e. The topological polar surface area (TPSA) is 108 Å². The van der Waals surface area contributed by atoms with Crippen molar-refractivity contribution >= 4 is 34.7 Å². The van der Waals surface area contributed by atoms with Crippen molar-refractivity contribution in [1.82, 2.24) is 0 Å². The summed E-state index contributed by atoms with van der Waals surface area (Å²) in [5.41, 5.74) is 0.481. The van der Waals surface area contributed by atoms with Crippen LogP contribution < -0.4 is 24.3 Å². The lowest BCUT2D eigenvalue weighted by Crippen LogP contribution is -2.32. The van der Waals surface area contributed by atoms with Crippen LogP contribution in [0.15, 0.2) is 40.6 Å². The summed E-state index contributed by atoms with van der Waals surface area (Å²) in [5.74, 6) is 0.329. The number of rotatable bonds is 11. The van der Waals surface area contributed by atoms with Gasteiger partial charge in [0.05, 0.1) is 33.1 Å². The second kappa shape index (κ2) is 11.9. The Morgan fingerprint density at radius 2 is 1.66 bits per heavy atom. The number of methoxy groups -OCH3 is 2. The number of amides is 1. The molecule has 0 aliphatic carbocycles. The second-order valence-corrected chi connectivity index (χ2v) is 6.76. The van der Waals surface area contributed by atoms with Gasteiger partial charge in [-0.2, -0.15) is 5.11 Å². The Kier molecular flexibility index (Phi) is 9.27. The number of carbonyl (C=O) groups is 2. The van der Waals surface area contributed by atoms with Gasteiger partial charge in [0.25, 0.3) is 5.91 Å². The summed E-state index contributed by atoms with van der Waals surface area (Å²) in [6.07, 6.45) is 0. The zero-order valence-electron chi connectivity index (χ0n) is 18.6. The molecule has 32 heavy (non-hydrogen) atoms. The monoisotopic (exact) mass is 463 g/mol. The van der Waals surface area contributed by atoms with Crippen LogP contribution in [0.3, 0.4) is 0 Å². The van der Waals surface area contributed by atoms with Gasteiger partial charge in [0.2, 0.25) is 6.04 Å². The van der Waals surface area contributed by atoms with Crippen LogP contribution in [0.5, 0.6) is 23.0 Å². The van der Waals surface area contributed by atoms with Crippen LogP contribution in [0.4, 0.5) is 11.4 Å². The van der Waals surface area contributed by atoms with Gasteiger partial charge in [-0.1, -0.05) is 17.7 Å². The number of carbonyl (C=O) groups excluding carboxylic acids is 2. The lowest BCUT2D eigenvalue weighted by molar-refractivity contribution is -0.126. The second-order valence-electron chi connectivity index (χ2n) is 6.38. The molecule has 0 heterocycles. The van der Waals surface area contributed by atoms with E-state index in [1.807, 2.05) is 6.92 Å². The van der Waals surface area contributed by atoms with Crippen LogP contribution in [-0.4, -0.2) is 45.2 Å². The number of anilines is 1. The van der Waals surface area contributed by atoms with Gasteiger partial charge in [-0.3, -0.25) is 9.59 Å². The van der Waals surface area contributed by atoms with Crippen molar-refractivity contribution in [3.63, 3.8) is 0 Å². The number of hydrogen-bond donors (Lipinski definition) is 1. The highest BCUT2D eigenvalue weighted by molar-refractivity contribution is 6.35. The first-order valence-corrected chi connectivity index (χ1v) is 10.3. The molecular weight excluding hydrogens is 438 g/mol. The van der Waals surface area contributed by atoms with Gasteiger partial charge in [-0.15, -0.1) is 5.11 Å². The van der Waals surface area contributed by atoms with Gasteiger partial charge < -0.3 is 24.3 Å². The van der Waals surface area contributed by atoms with Gasteiger partial charge in [0, 0.05) is 12.1 Å². The Bertz CT molecular complexity index is 974. The van der Waals surface area contributed by atoms with Crippen LogP contribution in [0.25, 0.3) is 0 Å². The molecule has 2 aromatic carbocycles. The maximum Gasteiger partial charge on any atom is 0.258 e. The summed E-state index contributed by atoms with van der Waals surface area (Å²) in [6, 6.07) is 6.79. The molecule has 2 rings (SSSR count). The summed E-state index contributed by atoms with van der Waals surface area (Å²) >= 11 is 6.37. The van der Waals surface area contributed by atoms with E-state index in [9.17, 15) is 9.59 Å². The molecule has 10 heteroatoms. The van der Waals surface area contributed by atoms with E-state index in [1.54, 1.807) is 37.3 Å². The zero-order chi connectivity index (χ0) is 23.7. The number of ether oxygens (including phenoxy) is 4. The van der Waals surface area contributed by atoms with Crippen LogP contribution in [0, 0.1) is 0 Å². The molecule has 172 valence electrons. The first-order chi connectivity index (χ1) is 15.4. The normalized spacial score (nSPS) is 11.7. The highest BCUT2D eigenvalue weighted by Gasteiger charge is 2.25. The Morgan fingerprint density at radius 1 is 1.03 bits per heavy atom. The van der Waals surface area contributed by atoms with Crippen molar-refractivity contribution < 1.29 is 28.5 Å². The quantitative estimate of drug-likeness (QED) is 0.377. The lowest BCUT2D eigenvalue weighted by atomic mass is 10.2. The predicted molar refractivity (Wildman–Crippen MR) is 121 cm³/mol. The number of nitrogens with one attached hydrogen (secondary N) is 1. The lowest BCUT2D eigenvalue weighted by Gasteiger charge is -2.15. The molecule has 0 aliphatic heterocycles. The third kappa shape index (κ3) is 6.10. The van der Waals surface area contributed by atoms with Crippen LogP contribution in [0.2, 0.25) is 5.02 Å². The molecule has 1 unspecified atom stereocenters. The van der Waals surface area contributed by atoms with E-state index in [1.165, 1.54) is 21.1 Å². The predicted octanol–water partition coefficient (Wildman–Crippen LogP) is 4.83. The highest BCUT2D eigenvalue weighted by atomic mass is 35.5. The Morgan fingerprint density at radius 3 is 2.19 bits per heavy atom. The third-order valence-electron chi connectivity index (χ3n) is 4.19. The van der Waals surface area contributed by atoms with Crippen molar-refractivity contribution in [1.29, 1.82) is 0 Å². The zero-order valence-corrected chi connectivity index (χ0v) is 19.4. The standard InChI is InChI=1S/C22H26ClN3O6/c1-6-31-14-11-15(19(23)18(12-14)32-7-2)24-22(28)20(13(3)27)25-26-21-16(29-4)9-8-10-17(21)30-5/h8-12,20H,6-7H2,1-5H3,(H,24,28). The number of azo groups is 1. The molecule has 1 amide bonds. The molecule has 2 aromatic rings. The Labute approximate surface area is 191 Å². The summed E-state index contributed by atoms with van der Waals surface area (Å²) in [6.45, 7) is 5.65. The molecule has 0 fully saturated rings. The van der Waals surface area contributed by atoms with Gasteiger partial charge in [0.1, 0.15) is 28.0 Å². The van der Waals surface area contributed by atoms with E-state index in [-0.39, 0.29) is 16.4 Å². The third-order valence-corrected chi connectivity index (χ3v) is 4.58. The molecule has 0 saturated heterocycles. The van der Waals surface area contributed by atoms with Crippen molar-refractivity contribution in [3.05, 3.63) is 35.4 Å². The van der Waals surface area contributed by atoms with E-state index in [0.29, 0.717) is 36.2 Å². The molecular formula is C22H26ClN3O6. The average molecular weight is 464 g/mol. The van der Waals surface area contributed by atoms with E-state index in [0.717, 1.165) is 0 Å². The molecule has 0 aromatic heterocycles. The number of nitrogens with zero attached hydrogens (tertiary/aromatic N) is 2. The summed E-state index contributed by atoms with van der Waals surface area (Å²) in [7, 11) is 2.93. The molecule has 0 spiro atoms. The average Bonchev–Trinajstić information content (AvgIpc) is 2.77. The van der Waals surface area contributed by atoms with E-state index < -0.39 is 17.7 Å². The molecule has 0 aliphatic rings. The van der Waals surface area contributed by atoms with Gasteiger partial charge >= 0.3 is 0 Å². The van der Waals surface area contributed by atoms with Crippen molar-refractivity contribution in [3.8, 4) is 23.0 Å². The number of hydrogen-bond acceptors (Lipinski definition) is 8. The Hall–Kier alpha value is -3.33. The molecule has 1 N–H and O–H groups in total. The minimum Gasteiger partial charge on any atom is -0.494 e. The number of ketones is 1. The van der Waals surface area contributed by atoms with Crippen LogP contribution >= 0.6 is 11.6 Å². The summed E-state index contributed by atoms with van der Waals surface area (Å²) in [4.78, 5) is 25.1. The fraction of sp³-hybridized carbons (Fsp3) is 0.364. The summed E-state index contributed by atoms with van der Waals surface area (Å²) in [5, 5.41) is 10.8. The van der Waals surface area contributed by atoms with Crippen molar-refractivity contribution in [2.45, 2.75) is 26.8 Å². The van der Waals surface area contributed by atoms with Gasteiger partial charge in [-0.05, 0) is 32.9 Å².